The number of alkyl halides is 3. The first kappa shape index (κ1) is 38.0. The molecule has 9 N–H and O–H groups in total. The summed E-state index contributed by atoms with van der Waals surface area (Å²) < 4.78 is 43.8. The van der Waals surface area contributed by atoms with Crippen molar-refractivity contribution in [2.24, 2.45) is 27.5 Å². The van der Waals surface area contributed by atoms with Crippen molar-refractivity contribution in [2.45, 2.75) is 65.0 Å². The Morgan fingerprint density at radius 1 is 0.979 bits per heavy atom. The van der Waals surface area contributed by atoms with E-state index in [1.165, 1.54) is 11.2 Å². The van der Waals surface area contributed by atoms with E-state index in [0.29, 0.717) is 25.9 Å². The lowest BCUT2D eigenvalue weighted by molar-refractivity contribution is -0.137. The van der Waals surface area contributed by atoms with Gasteiger partial charge in [-0.05, 0) is 56.9 Å². The van der Waals surface area contributed by atoms with Gasteiger partial charge in [-0.15, -0.1) is 0 Å². The lowest BCUT2D eigenvalue weighted by atomic mass is 10.1. The normalized spacial score (nSPS) is 12.5. The number of alkyl carbamates (subject to hydrolysis) is 1. The monoisotopic (exact) mass is 662 g/mol. The molecule has 14 nitrogen and oxygen atoms in total. The van der Waals surface area contributed by atoms with E-state index in [1.807, 2.05) is 18.2 Å². The maximum absolute atomic E-state index is 12.9. The Hall–Kier alpha value is -5.19. The third kappa shape index (κ3) is 15.1. The Bertz CT molecular complexity index is 1460. The van der Waals surface area contributed by atoms with Crippen LogP contribution in [-0.2, 0) is 40.1 Å². The molecule has 0 unspecified atom stereocenters. The molecule has 0 aliphatic heterocycles. The lowest BCUT2D eigenvalue weighted by Gasteiger charge is -2.19. The first-order chi connectivity index (χ1) is 22.1. The minimum atomic E-state index is -4.53. The number of hydrogen-bond acceptors (Lipinski definition) is 11. The molecule has 1 heterocycles. The summed E-state index contributed by atoms with van der Waals surface area (Å²) in [6, 6.07) is 8.96. The number of rotatable bonds is 15. The van der Waals surface area contributed by atoms with Gasteiger partial charge in [-0.1, -0.05) is 24.3 Å². The third-order valence-electron chi connectivity index (χ3n) is 5.96. The van der Waals surface area contributed by atoms with Crippen molar-refractivity contribution in [1.29, 1.82) is 0 Å². The van der Waals surface area contributed by atoms with Crippen molar-refractivity contribution < 1.29 is 32.3 Å². The Balaban J connectivity index is 1.71. The topological polar surface area (TPSA) is 215 Å². The zero-order valence-corrected chi connectivity index (χ0v) is 26.4. The van der Waals surface area contributed by atoms with Crippen LogP contribution < -0.4 is 33.4 Å². The van der Waals surface area contributed by atoms with Gasteiger partial charge >= 0.3 is 12.3 Å². The molecule has 0 aliphatic rings. The van der Waals surface area contributed by atoms with Crippen LogP contribution in [0.4, 0.5) is 18.0 Å². The summed E-state index contributed by atoms with van der Waals surface area (Å²) >= 11 is 0. The van der Waals surface area contributed by atoms with E-state index >= 15 is 0 Å². The first-order valence-corrected chi connectivity index (χ1v) is 14.5. The number of aliphatic imine (C=N–C) groups is 1. The Morgan fingerprint density at radius 2 is 1.64 bits per heavy atom. The number of carbonyl (C=O) groups is 3. The molecule has 0 aliphatic carbocycles. The number of nitrogens with two attached hydrogens (primary N) is 3. The molecule has 0 spiro atoms. The van der Waals surface area contributed by atoms with Crippen molar-refractivity contribution in [3.8, 4) is 0 Å². The maximum atomic E-state index is 12.9. The summed E-state index contributed by atoms with van der Waals surface area (Å²) in [5.74, 6) is 9.94. The van der Waals surface area contributed by atoms with Crippen molar-refractivity contribution in [3.05, 3.63) is 76.9 Å². The minimum Gasteiger partial charge on any atom is -0.444 e. The van der Waals surface area contributed by atoms with Crippen LogP contribution in [0.5, 0.6) is 0 Å². The Labute approximate surface area is 270 Å². The largest absolute Gasteiger partial charge is 0.444 e. The van der Waals surface area contributed by atoms with Gasteiger partial charge < -0.3 is 37.3 Å². The van der Waals surface area contributed by atoms with Gasteiger partial charge in [0.15, 0.2) is 5.71 Å². The smallest absolute Gasteiger partial charge is 0.416 e. The average Bonchev–Trinajstić information content (AvgIpc) is 3.00. The highest BCUT2D eigenvalue weighted by Crippen LogP contribution is 2.28. The van der Waals surface area contributed by atoms with Crippen LogP contribution in [0.25, 0.3) is 0 Å². The zero-order chi connectivity index (χ0) is 35.0. The highest BCUT2D eigenvalue weighted by Gasteiger charge is 2.30. The van der Waals surface area contributed by atoms with Crippen LogP contribution >= 0.6 is 0 Å². The van der Waals surface area contributed by atoms with Crippen LogP contribution in [0.3, 0.4) is 0 Å². The van der Waals surface area contributed by atoms with Crippen molar-refractivity contribution in [3.63, 3.8) is 0 Å². The molecule has 0 fully saturated rings. The fourth-order valence-electron chi connectivity index (χ4n) is 3.74. The molecule has 0 radical (unpaired) electrons. The molecule has 0 bridgehead atoms. The number of nitrogens with zero attached hydrogens (tertiary/aromatic N) is 4. The maximum Gasteiger partial charge on any atom is 0.416 e. The quantitative estimate of drug-likeness (QED) is 0.0541. The third-order valence-corrected chi connectivity index (χ3v) is 5.96. The van der Waals surface area contributed by atoms with Crippen molar-refractivity contribution in [1.82, 2.24) is 25.9 Å². The molecule has 1 aromatic carbocycles. The molecule has 17 heteroatoms. The summed E-state index contributed by atoms with van der Waals surface area (Å²) in [5.41, 5.74) is 5.72. The molecule has 3 amide bonds. The van der Waals surface area contributed by atoms with Gasteiger partial charge in [0.05, 0.1) is 24.0 Å². The summed E-state index contributed by atoms with van der Waals surface area (Å²) in [4.78, 5) is 44.5. The predicted octanol–water partition coefficient (Wildman–Crippen LogP) is 2.20. The number of hydrogen-bond donors (Lipinski definition) is 6. The van der Waals surface area contributed by atoms with Crippen LogP contribution in [0.1, 0.15) is 56.0 Å². The Kier molecular flexibility index (Phi) is 14.6. The highest BCUT2D eigenvalue weighted by molar-refractivity contribution is 6.60. The van der Waals surface area contributed by atoms with Crippen molar-refractivity contribution in [2.75, 3.05) is 13.1 Å². The van der Waals surface area contributed by atoms with E-state index in [9.17, 15) is 27.6 Å². The minimum absolute atomic E-state index is 0.0105. The number of ether oxygens (including phenoxy) is 1. The second kappa shape index (κ2) is 18.1. The molecule has 0 saturated carbocycles. The van der Waals surface area contributed by atoms with Crippen molar-refractivity contribution >= 4 is 29.8 Å². The van der Waals surface area contributed by atoms with E-state index in [4.69, 9.17) is 22.2 Å². The average molecular weight is 663 g/mol. The van der Waals surface area contributed by atoms with E-state index < -0.39 is 35.2 Å². The second-order valence-corrected chi connectivity index (χ2v) is 11.2. The van der Waals surface area contributed by atoms with E-state index in [2.05, 4.69) is 31.0 Å². The van der Waals surface area contributed by atoms with Gasteiger partial charge in [0.25, 0.3) is 11.8 Å². The van der Waals surface area contributed by atoms with Gasteiger partial charge in [0, 0.05) is 38.6 Å². The van der Waals surface area contributed by atoms with Gasteiger partial charge in [-0.2, -0.15) is 18.3 Å². The molecule has 0 atom stereocenters. The summed E-state index contributed by atoms with van der Waals surface area (Å²) in [6.07, 6.45) is -0.477. The number of carbonyl (C=O) groups excluding carboxylic acids is 3. The predicted molar refractivity (Wildman–Crippen MR) is 170 cm³/mol. The molecule has 47 heavy (non-hydrogen) atoms. The van der Waals surface area contributed by atoms with E-state index in [1.54, 1.807) is 26.8 Å². The van der Waals surface area contributed by atoms with Gasteiger partial charge in [0.1, 0.15) is 11.3 Å². The van der Waals surface area contributed by atoms with Crippen LogP contribution in [0.2, 0.25) is 0 Å². The fraction of sp³-hybridized carbons (Fsp3) is 0.400. The number of halogens is 3. The van der Waals surface area contributed by atoms with Gasteiger partial charge in [-0.3, -0.25) is 19.6 Å². The standard InChI is InChI=1S/C30H41F3N10O4/c1-29(2,3)47-28(46)41-16-21-8-6-7-20(13-21)15-39-26(44)24(34)19-43(36)12-5-4-10-37-18-25(42-35)27(45)40-17-23-14-22(9-11-38-23)30(31,32)33/h6-9,11,13-14,18-19H,4-5,10,12,15-17,34-36H2,1-3H3,(H,39,44)(H,40,45)(H,41,46)/b24-19-,37-18?,42-25?. The summed E-state index contributed by atoms with van der Waals surface area (Å²) in [5, 5.41) is 12.4. The van der Waals surface area contributed by atoms with E-state index in [0.717, 1.165) is 35.7 Å². The lowest BCUT2D eigenvalue weighted by Crippen LogP contribution is -2.33. The van der Waals surface area contributed by atoms with Crippen LogP contribution in [0, 0.1) is 0 Å². The highest BCUT2D eigenvalue weighted by atomic mass is 19.4. The molecule has 2 aromatic rings. The zero-order valence-electron chi connectivity index (χ0n) is 26.4. The Morgan fingerprint density at radius 3 is 2.28 bits per heavy atom. The summed E-state index contributed by atoms with van der Waals surface area (Å²) in [7, 11) is 0. The molecular formula is C30H41F3N10O4. The van der Waals surface area contributed by atoms with Gasteiger partial charge in [-0.25, -0.2) is 10.6 Å². The second-order valence-electron chi connectivity index (χ2n) is 11.2. The van der Waals surface area contributed by atoms with Crippen LogP contribution in [-0.4, -0.2) is 58.5 Å². The number of nitrogens with one attached hydrogen (secondary N) is 3. The molecule has 2 rings (SSSR count). The number of aromatic nitrogens is 1. The number of pyridine rings is 1. The molecule has 0 saturated heterocycles. The molecule has 256 valence electrons. The van der Waals surface area contributed by atoms with Gasteiger partial charge in [0.2, 0.25) is 0 Å². The molecule has 1 aromatic heterocycles. The van der Waals surface area contributed by atoms with Crippen LogP contribution in [0.15, 0.2) is 64.6 Å². The number of hydrazine groups is 1. The number of benzene rings is 1. The molecular weight excluding hydrogens is 621 g/mol. The first-order valence-electron chi connectivity index (χ1n) is 14.5. The number of unbranched alkanes of at least 4 members (excludes halogenated alkanes) is 1. The number of amides is 3. The van der Waals surface area contributed by atoms with E-state index in [-0.39, 0.29) is 36.7 Å². The summed E-state index contributed by atoms with van der Waals surface area (Å²) in [6.45, 7) is 6.16. The SMILES string of the molecule is CC(C)(C)OC(=O)NCc1cccc(CNC(=O)/C(N)=C/N(N)CCCCN=CC(=NN)C(=O)NCc2cc(C(F)(F)F)ccn2)c1. The fourth-order valence-corrected chi connectivity index (χ4v) is 3.74. The number of hydrazone groups is 1.